The molecule has 2 aromatic rings. The van der Waals surface area contributed by atoms with E-state index in [1.165, 1.54) is 0 Å². The first-order valence-corrected chi connectivity index (χ1v) is 6.64. The van der Waals surface area contributed by atoms with E-state index in [9.17, 15) is 13.6 Å². The number of carbonyl (C=O) groups excluding carboxylic acids is 1. The largest absolute Gasteiger partial charge is 0.414 e. The quantitative estimate of drug-likeness (QED) is 0.848. The van der Waals surface area contributed by atoms with E-state index in [0.29, 0.717) is 0 Å². The van der Waals surface area contributed by atoms with Gasteiger partial charge < -0.3 is 9.73 Å². The lowest BCUT2D eigenvalue weighted by molar-refractivity contribution is 0.0938. The van der Waals surface area contributed by atoms with E-state index in [2.05, 4.69) is 15.5 Å². The minimum atomic E-state index is -0.955. The maximum absolute atomic E-state index is 13.4. The number of benzene rings is 1. The number of nitriles is 1. The van der Waals surface area contributed by atoms with Crippen molar-refractivity contribution in [1.82, 2.24) is 15.5 Å². The molecule has 0 unspecified atom stereocenters. The summed E-state index contributed by atoms with van der Waals surface area (Å²) in [4.78, 5) is 11.7. The van der Waals surface area contributed by atoms with Crippen LogP contribution in [0.2, 0.25) is 0 Å². The average molecular weight is 310 g/mol. The molecule has 6 nitrogen and oxygen atoms in total. The molecular formula is C12H8F2N4O2S. The van der Waals surface area contributed by atoms with Gasteiger partial charge in [0.15, 0.2) is 0 Å². The van der Waals surface area contributed by atoms with Crippen molar-refractivity contribution in [3.05, 3.63) is 41.3 Å². The SMILES string of the molecule is N#CCSc1nnc(CNC(=O)c2c(F)cccc2F)o1. The Morgan fingerprint density at radius 2 is 2.10 bits per heavy atom. The lowest BCUT2D eigenvalue weighted by atomic mass is 10.2. The predicted octanol–water partition coefficient (Wildman–Crippen LogP) is 1.89. The number of hydrogen-bond acceptors (Lipinski definition) is 6. The Kier molecular flexibility index (Phi) is 4.84. The van der Waals surface area contributed by atoms with Crippen LogP contribution in [0.3, 0.4) is 0 Å². The van der Waals surface area contributed by atoms with Gasteiger partial charge >= 0.3 is 0 Å². The van der Waals surface area contributed by atoms with Crippen LogP contribution in [0, 0.1) is 23.0 Å². The number of thioether (sulfide) groups is 1. The summed E-state index contributed by atoms with van der Waals surface area (Å²) in [5.74, 6) is -2.61. The third-order valence-electron chi connectivity index (χ3n) is 2.30. The number of rotatable bonds is 5. The maximum atomic E-state index is 13.4. The molecule has 1 aromatic heterocycles. The Bertz CT molecular complexity index is 679. The predicted molar refractivity (Wildman–Crippen MR) is 68.2 cm³/mol. The van der Waals surface area contributed by atoms with Crippen molar-refractivity contribution in [1.29, 1.82) is 5.26 Å². The highest BCUT2D eigenvalue weighted by Gasteiger charge is 2.17. The standard InChI is InChI=1S/C12H8F2N4O2S/c13-7-2-1-3-8(14)10(7)11(19)16-6-9-17-18-12(20-9)21-5-4-15/h1-3H,5-6H2,(H,16,19). The first-order valence-electron chi connectivity index (χ1n) is 5.66. The smallest absolute Gasteiger partial charge is 0.277 e. The first-order chi connectivity index (χ1) is 10.1. The van der Waals surface area contributed by atoms with Crippen molar-refractivity contribution in [3.63, 3.8) is 0 Å². The molecule has 0 aliphatic carbocycles. The minimum absolute atomic E-state index is 0.0699. The van der Waals surface area contributed by atoms with Crippen LogP contribution in [0.25, 0.3) is 0 Å². The second kappa shape index (κ2) is 6.81. The fourth-order valence-corrected chi connectivity index (χ4v) is 1.86. The van der Waals surface area contributed by atoms with Gasteiger partial charge in [-0.2, -0.15) is 5.26 Å². The fourth-order valence-electron chi connectivity index (χ4n) is 1.42. The van der Waals surface area contributed by atoms with Gasteiger partial charge in [0.25, 0.3) is 11.1 Å². The molecule has 0 radical (unpaired) electrons. The Morgan fingerprint density at radius 3 is 2.76 bits per heavy atom. The molecule has 0 atom stereocenters. The van der Waals surface area contributed by atoms with Crippen molar-refractivity contribution >= 4 is 17.7 Å². The number of aromatic nitrogens is 2. The van der Waals surface area contributed by atoms with Crippen LogP contribution in [0.4, 0.5) is 8.78 Å². The van der Waals surface area contributed by atoms with Crippen LogP contribution in [0.1, 0.15) is 16.2 Å². The van der Waals surface area contributed by atoms with Gasteiger partial charge in [0.1, 0.15) is 17.2 Å². The summed E-state index contributed by atoms with van der Waals surface area (Å²) in [5.41, 5.74) is -0.670. The Morgan fingerprint density at radius 1 is 1.38 bits per heavy atom. The van der Waals surface area contributed by atoms with E-state index in [0.717, 1.165) is 30.0 Å². The van der Waals surface area contributed by atoms with E-state index in [1.54, 1.807) is 0 Å². The molecule has 9 heteroatoms. The number of carbonyl (C=O) groups is 1. The summed E-state index contributed by atoms with van der Waals surface area (Å²) in [6.45, 7) is -0.174. The molecule has 0 aliphatic rings. The molecule has 0 saturated heterocycles. The van der Waals surface area contributed by atoms with Crippen molar-refractivity contribution in [3.8, 4) is 6.07 Å². The Balaban J connectivity index is 1.98. The van der Waals surface area contributed by atoms with Crippen LogP contribution in [0.5, 0.6) is 0 Å². The lowest BCUT2D eigenvalue weighted by Gasteiger charge is -2.04. The van der Waals surface area contributed by atoms with Gasteiger partial charge in [-0.1, -0.05) is 17.8 Å². The molecule has 2 rings (SSSR count). The summed E-state index contributed by atoms with van der Waals surface area (Å²) in [7, 11) is 0. The molecule has 1 amide bonds. The van der Waals surface area contributed by atoms with Crippen LogP contribution in [-0.2, 0) is 6.54 Å². The Hall–Kier alpha value is -2.47. The van der Waals surface area contributed by atoms with E-state index in [4.69, 9.17) is 9.68 Å². The minimum Gasteiger partial charge on any atom is -0.414 e. The number of nitrogens with zero attached hydrogens (tertiary/aromatic N) is 3. The summed E-state index contributed by atoms with van der Waals surface area (Å²) >= 11 is 1.04. The molecule has 1 heterocycles. The molecule has 1 N–H and O–H groups in total. The van der Waals surface area contributed by atoms with Gasteiger partial charge in [-0.25, -0.2) is 8.78 Å². The van der Waals surface area contributed by atoms with Crippen molar-refractivity contribution < 1.29 is 18.0 Å². The van der Waals surface area contributed by atoms with Crippen LogP contribution in [-0.4, -0.2) is 21.9 Å². The molecule has 0 fully saturated rings. The zero-order chi connectivity index (χ0) is 15.2. The molecule has 1 aromatic carbocycles. The van der Waals surface area contributed by atoms with E-state index >= 15 is 0 Å². The van der Waals surface area contributed by atoms with Crippen molar-refractivity contribution in [2.45, 2.75) is 11.8 Å². The number of nitrogens with one attached hydrogen (secondary N) is 1. The summed E-state index contributed by atoms with van der Waals surface area (Å²) in [5, 5.41) is 18.1. The normalized spacial score (nSPS) is 10.1. The highest BCUT2D eigenvalue weighted by Crippen LogP contribution is 2.15. The summed E-state index contributed by atoms with van der Waals surface area (Å²) < 4.78 is 31.9. The average Bonchev–Trinajstić information content (AvgIpc) is 2.90. The molecule has 0 saturated carbocycles. The van der Waals surface area contributed by atoms with Crippen LogP contribution < -0.4 is 5.32 Å². The third-order valence-corrected chi connectivity index (χ3v) is 2.98. The van der Waals surface area contributed by atoms with Gasteiger partial charge in [-0.05, 0) is 12.1 Å². The highest BCUT2D eigenvalue weighted by molar-refractivity contribution is 7.99. The first kappa shape index (κ1) is 14.9. The topological polar surface area (TPSA) is 91.8 Å². The number of amides is 1. The van der Waals surface area contributed by atoms with E-state index < -0.39 is 23.1 Å². The molecule has 108 valence electrons. The number of hydrogen-bond donors (Lipinski definition) is 1. The molecular weight excluding hydrogens is 302 g/mol. The van der Waals surface area contributed by atoms with Crippen LogP contribution >= 0.6 is 11.8 Å². The van der Waals surface area contributed by atoms with Gasteiger partial charge in [-0.15, -0.1) is 10.2 Å². The monoisotopic (exact) mass is 310 g/mol. The zero-order valence-corrected chi connectivity index (χ0v) is 11.3. The fraction of sp³-hybridized carbons (Fsp3) is 0.167. The van der Waals surface area contributed by atoms with Crippen molar-refractivity contribution in [2.75, 3.05) is 5.75 Å². The highest BCUT2D eigenvalue weighted by atomic mass is 32.2. The van der Waals surface area contributed by atoms with Gasteiger partial charge in [0.2, 0.25) is 5.89 Å². The molecule has 0 bridgehead atoms. The zero-order valence-electron chi connectivity index (χ0n) is 10.5. The molecule has 21 heavy (non-hydrogen) atoms. The van der Waals surface area contributed by atoms with Gasteiger partial charge in [0, 0.05) is 0 Å². The Labute approximate surface area is 122 Å². The van der Waals surface area contributed by atoms with Crippen molar-refractivity contribution in [2.24, 2.45) is 0 Å². The van der Waals surface area contributed by atoms with Crippen LogP contribution in [0.15, 0.2) is 27.8 Å². The van der Waals surface area contributed by atoms with Gasteiger partial charge in [0.05, 0.1) is 18.4 Å². The molecule has 0 aliphatic heterocycles. The molecule has 0 spiro atoms. The summed E-state index contributed by atoms with van der Waals surface area (Å²) in [6.07, 6.45) is 0. The van der Waals surface area contributed by atoms with Gasteiger partial charge in [-0.3, -0.25) is 4.79 Å². The van der Waals surface area contributed by atoms with E-state index in [-0.39, 0.29) is 23.4 Å². The number of halogens is 2. The second-order valence-electron chi connectivity index (χ2n) is 3.69. The summed E-state index contributed by atoms with van der Waals surface area (Å²) in [6, 6.07) is 5.03. The lowest BCUT2D eigenvalue weighted by Crippen LogP contribution is -2.25. The maximum Gasteiger partial charge on any atom is 0.277 e. The second-order valence-corrected chi connectivity index (χ2v) is 4.61. The van der Waals surface area contributed by atoms with E-state index in [1.807, 2.05) is 6.07 Å². The third kappa shape index (κ3) is 3.76.